The Hall–Kier alpha value is -2.99. The second-order valence-electron chi connectivity index (χ2n) is 6.21. The molecule has 0 radical (unpaired) electrons. The van der Waals surface area contributed by atoms with Gasteiger partial charge in [-0.15, -0.1) is 0 Å². The molecule has 13 heteroatoms. The molecule has 1 aliphatic heterocycles. The Balaban J connectivity index is 2.04. The van der Waals surface area contributed by atoms with Crippen molar-refractivity contribution in [2.75, 3.05) is 12.3 Å². The monoisotopic (exact) mass is 427 g/mol. The maximum atomic E-state index is 11.7. The number of hydrogen-bond acceptors (Lipinski definition) is 11. The number of halogens is 1. The average molecular weight is 428 g/mol. The van der Waals surface area contributed by atoms with Gasteiger partial charge in [-0.1, -0.05) is 11.6 Å². The third kappa shape index (κ3) is 4.38. The molecule has 3 rings (SSSR count). The number of carbonyl (C=O) groups is 3. The van der Waals surface area contributed by atoms with Gasteiger partial charge in [0.1, 0.15) is 18.2 Å². The summed E-state index contributed by atoms with van der Waals surface area (Å²) in [5, 5.41) is 0.0290. The first-order valence-corrected chi connectivity index (χ1v) is 8.84. The minimum absolute atomic E-state index is 0.0290. The smallest absolute Gasteiger partial charge is 0.303 e. The van der Waals surface area contributed by atoms with E-state index < -0.39 is 42.4 Å². The predicted molar refractivity (Wildman–Crippen MR) is 96.4 cm³/mol. The number of nitrogen functional groups attached to an aromatic ring is 1. The van der Waals surface area contributed by atoms with Crippen LogP contribution in [0.4, 0.5) is 5.95 Å². The molecule has 0 unspecified atom stereocenters. The molecule has 156 valence electrons. The quantitative estimate of drug-likeness (QED) is 0.399. The Bertz CT molecular complexity index is 965. The Morgan fingerprint density at radius 2 is 1.79 bits per heavy atom. The number of rotatable bonds is 5. The van der Waals surface area contributed by atoms with Crippen LogP contribution in [0.3, 0.4) is 0 Å². The highest BCUT2D eigenvalue weighted by atomic mass is 35.5. The zero-order valence-corrected chi connectivity index (χ0v) is 16.5. The molecule has 3 heterocycles. The number of nitrogens with two attached hydrogens (primary N) is 1. The summed E-state index contributed by atoms with van der Waals surface area (Å²) in [5.74, 6) is -1.91. The van der Waals surface area contributed by atoms with Crippen LogP contribution >= 0.6 is 11.6 Å². The van der Waals surface area contributed by atoms with Crippen molar-refractivity contribution < 1.29 is 33.3 Å². The first kappa shape index (κ1) is 20.7. The Labute approximate surface area is 169 Å². The van der Waals surface area contributed by atoms with Crippen molar-refractivity contribution in [2.45, 2.75) is 45.3 Å². The highest BCUT2D eigenvalue weighted by Gasteiger charge is 2.51. The molecule has 2 N–H and O–H groups in total. The van der Waals surface area contributed by atoms with Crippen LogP contribution in [-0.4, -0.2) is 62.3 Å². The van der Waals surface area contributed by atoms with Gasteiger partial charge in [0, 0.05) is 20.8 Å². The summed E-state index contributed by atoms with van der Waals surface area (Å²) < 4.78 is 23.0. The van der Waals surface area contributed by atoms with Crippen LogP contribution in [0.15, 0.2) is 6.33 Å². The molecule has 0 aliphatic carbocycles. The van der Waals surface area contributed by atoms with E-state index in [2.05, 4.69) is 15.0 Å². The lowest BCUT2D eigenvalue weighted by atomic mass is 10.1. The van der Waals surface area contributed by atoms with Crippen LogP contribution in [0, 0.1) is 0 Å². The lowest BCUT2D eigenvalue weighted by Gasteiger charge is -2.23. The molecular formula is C16H18ClN5O7. The molecule has 1 aliphatic rings. The van der Waals surface area contributed by atoms with Gasteiger partial charge in [-0.25, -0.2) is 4.98 Å². The van der Waals surface area contributed by atoms with E-state index >= 15 is 0 Å². The first-order chi connectivity index (χ1) is 13.7. The van der Waals surface area contributed by atoms with Gasteiger partial charge in [-0.2, -0.15) is 9.97 Å². The van der Waals surface area contributed by atoms with E-state index in [4.69, 9.17) is 36.3 Å². The predicted octanol–water partition coefficient (Wildman–Crippen LogP) is 0.386. The number of esters is 3. The molecule has 0 saturated carbocycles. The zero-order valence-electron chi connectivity index (χ0n) is 15.7. The third-order valence-electron chi connectivity index (χ3n) is 4.01. The zero-order chi connectivity index (χ0) is 21.3. The topological polar surface area (TPSA) is 158 Å². The maximum Gasteiger partial charge on any atom is 0.303 e. The fourth-order valence-electron chi connectivity index (χ4n) is 3.00. The molecule has 0 bridgehead atoms. The highest BCUT2D eigenvalue weighted by Crippen LogP contribution is 2.36. The van der Waals surface area contributed by atoms with Gasteiger partial charge in [0.15, 0.2) is 29.2 Å². The third-order valence-corrected chi connectivity index (χ3v) is 4.27. The van der Waals surface area contributed by atoms with Crippen LogP contribution in [0.25, 0.3) is 11.2 Å². The Morgan fingerprint density at radius 3 is 2.41 bits per heavy atom. The molecule has 2 aromatic rings. The fourth-order valence-corrected chi connectivity index (χ4v) is 3.22. The van der Waals surface area contributed by atoms with Gasteiger partial charge >= 0.3 is 17.9 Å². The first-order valence-electron chi connectivity index (χ1n) is 8.46. The number of aromatic nitrogens is 4. The number of ether oxygens (including phenoxy) is 4. The van der Waals surface area contributed by atoms with Gasteiger partial charge in [-0.05, 0) is 0 Å². The normalized spacial score (nSPS) is 23.7. The van der Waals surface area contributed by atoms with E-state index in [1.807, 2.05) is 0 Å². The number of carbonyl (C=O) groups excluding carboxylic acids is 3. The Kier molecular flexibility index (Phi) is 5.84. The van der Waals surface area contributed by atoms with Crippen molar-refractivity contribution in [2.24, 2.45) is 0 Å². The van der Waals surface area contributed by atoms with Crippen molar-refractivity contribution in [1.29, 1.82) is 0 Å². The van der Waals surface area contributed by atoms with Gasteiger partial charge in [0.2, 0.25) is 5.95 Å². The number of hydrogen-bond donors (Lipinski definition) is 1. The summed E-state index contributed by atoms with van der Waals surface area (Å²) >= 11 is 6.05. The largest absolute Gasteiger partial charge is 0.463 e. The molecule has 1 saturated heterocycles. The minimum Gasteiger partial charge on any atom is -0.463 e. The minimum atomic E-state index is -1.08. The van der Waals surface area contributed by atoms with Crippen LogP contribution in [-0.2, 0) is 33.3 Å². The molecule has 29 heavy (non-hydrogen) atoms. The summed E-state index contributed by atoms with van der Waals surface area (Å²) in [6, 6.07) is 0. The van der Waals surface area contributed by atoms with Crippen molar-refractivity contribution >= 4 is 46.6 Å². The number of fused-ring (bicyclic) bond motifs is 1. The maximum absolute atomic E-state index is 11.7. The molecule has 0 aromatic carbocycles. The van der Waals surface area contributed by atoms with Crippen LogP contribution in [0.5, 0.6) is 0 Å². The lowest BCUT2D eigenvalue weighted by molar-refractivity contribution is -0.166. The summed E-state index contributed by atoms with van der Waals surface area (Å²) in [6.45, 7) is 3.39. The molecule has 0 amide bonds. The van der Waals surface area contributed by atoms with Crippen molar-refractivity contribution in [1.82, 2.24) is 19.5 Å². The van der Waals surface area contributed by atoms with Crippen LogP contribution < -0.4 is 5.73 Å². The molecular weight excluding hydrogens is 410 g/mol. The number of nitrogens with zero attached hydrogens (tertiary/aromatic N) is 4. The van der Waals surface area contributed by atoms with Crippen LogP contribution in [0.2, 0.25) is 5.15 Å². The lowest BCUT2D eigenvalue weighted by Crippen LogP contribution is -2.40. The molecule has 12 nitrogen and oxygen atoms in total. The van der Waals surface area contributed by atoms with E-state index in [0.717, 1.165) is 0 Å². The standard InChI is InChI=1S/C16H18ClN5O7/c1-6(23)26-4-9-11(27-7(2)24)12(28-8(3)25)15(29-9)22-5-19-10-13(17)20-16(18)21-14(10)22/h5,9,11-12,15H,4H2,1-3H3,(H2,18,20,21)/t9-,11-,12-,15-/m1/s1. The van der Waals surface area contributed by atoms with Crippen molar-refractivity contribution in [3.05, 3.63) is 11.5 Å². The van der Waals surface area contributed by atoms with E-state index in [0.29, 0.717) is 0 Å². The fraction of sp³-hybridized carbons (Fsp3) is 0.500. The summed E-state index contributed by atoms with van der Waals surface area (Å²) in [7, 11) is 0. The summed E-state index contributed by atoms with van der Waals surface area (Å²) in [4.78, 5) is 46.6. The van der Waals surface area contributed by atoms with Gasteiger partial charge in [-0.3, -0.25) is 19.0 Å². The SMILES string of the molecule is CC(=O)OC[C@H]1O[C@@H](n2cnc3c(Cl)nc(N)nc32)[C@H](OC(C)=O)[C@@H]1OC(C)=O. The van der Waals surface area contributed by atoms with Crippen molar-refractivity contribution in [3.8, 4) is 0 Å². The van der Waals surface area contributed by atoms with Crippen molar-refractivity contribution in [3.63, 3.8) is 0 Å². The second-order valence-corrected chi connectivity index (χ2v) is 6.57. The van der Waals surface area contributed by atoms with Crippen LogP contribution in [0.1, 0.15) is 27.0 Å². The van der Waals surface area contributed by atoms with E-state index in [1.54, 1.807) is 0 Å². The van der Waals surface area contributed by atoms with E-state index in [1.165, 1.54) is 31.7 Å². The van der Waals surface area contributed by atoms with Gasteiger partial charge < -0.3 is 24.7 Å². The van der Waals surface area contributed by atoms with Gasteiger partial charge in [0.05, 0.1) is 6.33 Å². The Morgan fingerprint density at radius 1 is 1.14 bits per heavy atom. The number of imidazole rings is 1. The summed E-state index contributed by atoms with van der Waals surface area (Å²) in [6.07, 6.45) is -2.70. The molecule has 2 aromatic heterocycles. The molecule has 1 fully saturated rings. The molecule has 0 spiro atoms. The summed E-state index contributed by atoms with van der Waals surface area (Å²) in [5.41, 5.74) is 6.14. The van der Waals surface area contributed by atoms with E-state index in [-0.39, 0.29) is 28.9 Å². The molecule has 4 atom stereocenters. The highest BCUT2D eigenvalue weighted by molar-refractivity contribution is 6.33. The van der Waals surface area contributed by atoms with E-state index in [9.17, 15) is 14.4 Å². The average Bonchev–Trinajstić information content (AvgIpc) is 3.15. The number of anilines is 1. The van der Waals surface area contributed by atoms with Gasteiger partial charge in [0.25, 0.3) is 0 Å². The second kappa shape index (κ2) is 8.17.